The molecule has 0 unspecified atom stereocenters. The highest BCUT2D eigenvalue weighted by Gasteiger charge is 2.29. The summed E-state index contributed by atoms with van der Waals surface area (Å²) in [4.78, 5) is 4.68. The van der Waals surface area contributed by atoms with Crippen LogP contribution in [0.25, 0.3) is 22.3 Å². The molecule has 1 aliphatic carbocycles. The summed E-state index contributed by atoms with van der Waals surface area (Å²) in [6.07, 6.45) is 4.16. The fourth-order valence-electron chi connectivity index (χ4n) is 4.20. The van der Waals surface area contributed by atoms with Crippen LogP contribution in [0.15, 0.2) is 35.2 Å². The molecule has 4 aromatic rings. The van der Waals surface area contributed by atoms with Crippen molar-refractivity contribution in [1.82, 2.24) is 30.6 Å². The van der Waals surface area contributed by atoms with Crippen LogP contribution >= 0.6 is 34.5 Å². The normalized spacial score (nSPS) is 14.8. The van der Waals surface area contributed by atoms with E-state index in [0.717, 1.165) is 52.5 Å². The van der Waals surface area contributed by atoms with E-state index in [-0.39, 0.29) is 6.04 Å². The molecule has 3 aromatic heterocycles. The minimum Gasteiger partial charge on any atom is -0.318 e. The smallest absolute Gasteiger partial charge is 0.131 e. The largest absolute Gasteiger partial charge is 0.318 e. The maximum Gasteiger partial charge on any atom is 0.131 e. The summed E-state index contributed by atoms with van der Waals surface area (Å²) in [6, 6.07) is 5.92. The first-order valence-electron chi connectivity index (χ1n) is 11.2. The number of aromatic nitrogens is 4. The predicted molar refractivity (Wildman–Crippen MR) is 137 cm³/mol. The number of nitrogens with one attached hydrogen (secondary N) is 2. The Labute approximate surface area is 207 Å². The molecular formula is C24H26Cl2N6S. The molecule has 0 bridgehead atoms. The second-order valence-corrected chi connectivity index (χ2v) is 10.0. The van der Waals surface area contributed by atoms with Gasteiger partial charge in [0.15, 0.2) is 0 Å². The summed E-state index contributed by atoms with van der Waals surface area (Å²) in [5, 5.41) is 21.2. The monoisotopic (exact) mass is 500 g/mol. The molecule has 1 atom stereocenters. The number of hydrogen-bond acceptors (Lipinski definition) is 6. The van der Waals surface area contributed by atoms with Crippen molar-refractivity contribution in [1.29, 1.82) is 0 Å². The zero-order valence-corrected chi connectivity index (χ0v) is 20.9. The topological polar surface area (TPSA) is 67.7 Å². The molecule has 0 aliphatic heterocycles. The molecule has 3 heterocycles. The lowest BCUT2D eigenvalue weighted by Crippen LogP contribution is -2.24. The Balaban J connectivity index is 1.49. The van der Waals surface area contributed by atoms with Gasteiger partial charge in [0.05, 0.1) is 28.5 Å². The summed E-state index contributed by atoms with van der Waals surface area (Å²) in [6.45, 7) is 4.71. The van der Waals surface area contributed by atoms with Crippen molar-refractivity contribution in [3.8, 4) is 11.3 Å². The summed E-state index contributed by atoms with van der Waals surface area (Å²) in [5.74, 6) is 0.544. The number of fused-ring (bicyclic) bond motifs is 1. The fraction of sp³-hybridized carbons (Fsp3) is 0.375. The Morgan fingerprint density at radius 3 is 2.85 bits per heavy atom. The van der Waals surface area contributed by atoms with Gasteiger partial charge in [-0.15, -0.1) is 5.10 Å². The molecule has 9 heteroatoms. The molecule has 1 aromatic carbocycles. The highest BCUT2D eigenvalue weighted by atomic mass is 35.5. The first kappa shape index (κ1) is 22.7. The van der Waals surface area contributed by atoms with Crippen LogP contribution in [0.4, 0.5) is 0 Å². The lowest BCUT2D eigenvalue weighted by molar-refractivity contribution is 0.560. The minimum atomic E-state index is -0.158. The Bertz CT molecular complexity index is 1280. The van der Waals surface area contributed by atoms with E-state index in [0.29, 0.717) is 10.9 Å². The number of halogens is 2. The number of pyridine rings is 1. The van der Waals surface area contributed by atoms with Gasteiger partial charge in [0.1, 0.15) is 5.52 Å². The zero-order chi connectivity index (χ0) is 22.9. The van der Waals surface area contributed by atoms with Gasteiger partial charge in [-0.25, -0.2) is 4.68 Å². The number of rotatable bonds is 9. The van der Waals surface area contributed by atoms with Gasteiger partial charge >= 0.3 is 0 Å². The van der Waals surface area contributed by atoms with Crippen molar-refractivity contribution < 1.29 is 0 Å². The van der Waals surface area contributed by atoms with Crippen LogP contribution in [-0.4, -0.2) is 40.1 Å². The lowest BCUT2D eigenvalue weighted by atomic mass is 10.0. The van der Waals surface area contributed by atoms with Crippen molar-refractivity contribution in [2.45, 2.75) is 38.3 Å². The summed E-state index contributed by atoms with van der Waals surface area (Å²) < 4.78 is 1.90. The van der Waals surface area contributed by atoms with Gasteiger partial charge in [0.25, 0.3) is 0 Å². The van der Waals surface area contributed by atoms with Gasteiger partial charge in [0, 0.05) is 41.2 Å². The fourth-order valence-corrected chi connectivity index (χ4v) is 5.89. The van der Waals surface area contributed by atoms with Gasteiger partial charge in [-0.05, 0) is 61.4 Å². The molecular weight excluding hydrogens is 475 g/mol. The van der Waals surface area contributed by atoms with Gasteiger partial charge < -0.3 is 10.6 Å². The van der Waals surface area contributed by atoms with Gasteiger partial charge in [-0.3, -0.25) is 4.98 Å². The second-order valence-electron chi connectivity index (χ2n) is 8.50. The van der Waals surface area contributed by atoms with Gasteiger partial charge in [-0.1, -0.05) is 34.5 Å². The highest BCUT2D eigenvalue weighted by Crippen LogP contribution is 2.47. The summed E-state index contributed by atoms with van der Waals surface area (Å²) in [7, 11) is 1.96. The SMILES string of the molecule is CNCCNCc1cscc1-c1cc2c(cn1)nnn2[C@H](C)c1c(Cl)ccc(C2CC2)c1Cl. The first-order valence-corrected chi connectivity index (χ1v) is 12.9. The van der Waals surface area contributed by atoms with Gasteiger partial charge in [-0.2, -0.15) is 11.3 Å². The van der Waals surface area contributed by atoms with Crippen LogP contribution in [0.3, 0.4) is 0 Å². The molecule has 33 heavy (non-hydrogen) atoms. The lowest BCUT2D eigenvalue weighted by Gasteiger charge is -2.18. The van der Waals surface area contributed by atoms with Crippen molar-refractivity contribution in [3.63, 3.8) is 0 Å². The number of thiophene rings is 1. The molecule has 2 N–H and O–H groups in total. The Morgan fingerprint density at radius 1 is 1.21 bits per heavy atom. The zero-order valence-electron chi connectivity index (χ0n) is 18.6. The molecule has 1 aliphatic rings. The van der Waals surface area contributed by atoms with Crippen molar-refractivity contribution >= 4 is 45.6 Å². The van der Waals surface area contributed by atoms with Crippen LogP contribution in [0.2, 0.25) is 10.0 Å². The molecule has 0 saturated heterocycles. The van der Waals surface area contributed by atoms with Crippen LogP contribution in [-0.2, 0) is 6.54 Å². The molecule has 6 nitrogen and oxygen atoms in total. The van der Waals surface area contributed by atoms with Crippen molar-refractivity contribution in [2.24, 2.45) is 0 Å². The minimum absolute atomic E-state index is 0.158. The predicted octanol–water partition coefficient (Wildman–Crippen LogP) is 5.66. The van der Waals surface area contributed by atoms with E-state index in [4.69, 9.17) is 23.2 Å². The Kier molecular flexibility index (Phi) is 6.67. The van der Waals surface area contributed by atoms with Crippen LogP contribution < -0.4 is 10.6 Å². The number of benzene rings is 1. The number of nitrogens with zero attached hydrogens (tertiary/aromatic N) is 4. The summed E-state index contributed by atoms with van der Waals surface area (Å²) >= 11 is 15.2. The second kappa shape index (κ2) is 9.68. The highest BCUT2D eigenvalue weighted by molar-refractivity contribution is 7.08. The standard InChI is InChI=1S/C24H26Cl2N6S/c1-14(23-19(25)6-5-17(24(23)26)15-3-4-15)32-22-9-20(29-11-21(22)30-31-32)18-13-33-12-16(18)10-28-8-7-27-2/h5-6,9,11-15,27-28H,3-4,7-8,10H2,1-2H3/t14-/m1/s1. The average Bonchev–Trinajstić information content (AvgIpc) is 3.39. The maximum atomic E-state index is 6.85. The molecule has 5 rings (SSSR count). The molecule has 0 spiro atoms. The third kappa shape index (κ3) is 4.53. The third-order valence-electron chi connectivity index (χ3n) is 6.20. The molecule has 0 amide bonds. The molecule has 1 saturated carbocycles. The molecule has 1 fully saturated rings. The quantitative estimate of drug-likeness (QED) is 0.290. The van der Waals surface area contributed by atoms with Crippen LogP contribution in [0, 0.1) is 0 Å². The Morgan fingerprint density at radius 2 is 2.06 bits per heavy atom. The van der Waals surface area contributed by atoms with E-state index >= 15 is 0 Å². The van der Waals surface area contributed by atoms with Crippen molar-refractivity contribution in [2.75, 3.05) is 20.1 Å². The summed E-state index contributed by atoms with van der Waals surface area (Å²) in [5.41, 5.74) is 7.02. The average molecular weight is 501 g/mol. The molecule has 0 radical (unpaired) electrons. The Hall–Kier alpha value is -2.03. The van der Waals surface area contributed by atoms with E-state index in [2.05, 4.69) is 55.7 Å². The van der Waals surface area contributed by atoms with Crippen LogP contribution in [0.1, 0.15) is 48.4 Å². The third-order valence-corrected chi connectivity index (χ3v) is 7.74. The maximum absolute atomic E-state index is 6.85. The van der Waals surface area contributed by atoms with E-state index in [1.54, 1.807) is 17.5 Å². The first-order chi connectivity index (χ1) is 16.1. The van der Waals surface area contributed by atoms with E-state index in [1.165, 1.54) is 24.0 Å². The van der Waals surface area contributed by atoms with E-state index < -0.39 is 0 Å². The van der Waals surface area contributed by atoms with E-state index in [1.807, 2.05) is 17.8 Å². The number of likely N-dealkylation sites (N-methyl/N-ethyl adjacent to an activating group) is 1. The van der Waals surface area contributed by atoms with Gasteiger partial charge in [0.2, 0.25) is 0 Å². The number of hydrogen-bond donors (Lipinski definition) is 2. The van der Waals surface area contributed by atoms with E-state index in [9.17, 15) is 0 Å². The van der Waals surface area contributed by atoms with Crippen molar-refractivity contribution in [3.05, 3.63) is 61.9 Å². The van der Waals surface area contributed by atoms with Crippen LogP contribution in [0.5, 0.6) is 0 Å². The molecule has 172 valence electrons.